The van der Waals surface area contributed by atoms with E-state index in [0.29, 0.717) is 50.2 Å². The Labute approximate surface area is 333 Å². The van der Waals surface area contributed by atoms with Crippen molar-refractivity contribution in [3.05, 3.63) is 93.8 Å². The largest absolute Gasteiger partial charge is 0.490 e. The molecule has 0 saturated heterocycles. The van der Waals surface area contributed by atoms with E-state index in [9.17, 15) is 18.6 Å². The second-order valence-electron chi connectivity index (χ2n) is 16.2. The fourth-order valence-corrected chi connectivity index (χ4v) is 11.5. The number of benzene rings is 2. The van der Waals surface area contributed by atoms with Crippen LogP contribution in [-0.4, -0.2) is 83.9 Å². The molecule has 1 unspecified atom stereocenters. The van der Waals surface area contributed by atoms with Gasteiger partial charge < -0.3 is 28.6 Å². The summed E-state index contributed by atoms with van der Waals surface area (Å²) in [6.45, 7) is 5.06. The van der Waals surface area contributed by atoms with Crippen molar-refractivity contribution in [3.8, 4) is 5.75 Å². The Morgan fingerprint density at radius 3 is 2.75 bits per heavy atom. The summed E-state index contributed by atoms with van der Waals surface area (Å²) in [4.78, 5) is 44.1. The third kappa shape index (κ3) is 7.57. The van der Waals surface area contributed by atoms with Crippen LogP contribution in [0, 0.1) is 17.8 Å². The van der Waals surface area contributed by atoms with Crippen LogP contribution < -0.4 is 14.4 Å². The first kappa shape index (κ1) is 38.5. The molecule has 56 heavy (non-hydrogen) atoms. The van der Waals surface area contributed by atoms with E-state index in [0.717, 1.165) is 55.1 Å². The molecule has 12 nitrogen and oxygen atoms in total. The third-order valence-corrected chi connectivity index (χ3v) is 14.6. The van der Waals surface area contributed by atoms with Gasteiger partial charge in [-0.3, -0.25) is 14.3 Å². The van der Waals surface area contributed by atoms with E-state index in [2.05, 4.69) is 38.3 Å². The summed E-state index contributed by atoms with van der Waals surface area (Å²) in [7, 11) is -0.520. The zero-order valence-electron chi connectivity index (χ0n) is 32.2. The summed E-state index contributed by atoms with van der Waals surface area (Å²) in [6.07, 6.45) is 11.0. The van der Waals surface area contributed by atoms with Gasteiger partial charge in [0, 0.05) is 61.2 Å². The van der Waals surface area contributed by atoms with Crippen molar-refractivity contribution in [2.75, 3.05) is 51.1 Å². The van der Waals surface area contributed by atoms with Crippen LogP contribution in [0.1, 0.15) is 76.6 Å². The number of halogens is 1. The van der Waals surface area contributed by atoms with Gasteiger partial charge in [-0.25, -0.2) is 9.00 Å². The number of carbonyl (C=O) groups is 3. The molecule has 1 aromatic heterocycles. The average molecular weight is 804 g/mol. The minimum Gasteiger partial charge on any atom is -0.490 e. The van der Waals surface area contributed by atoms with Crippen LogP contribution in [0.5, 0.6) is 5.75 Å². The molecule has 5 aliphatic rings. The maximum absolute atomic E-state index is 14.8. The smallest absolute Gasteiger partial charge is 0.409 e. The highest BCUT2D eigenvalue weighted by Crippen LogP contribution is 2.47. The minimum atomic E-state index is -3.61. The Morgan fingerprint density at radius 2 is 1.96 bits per heavy atom. The first-order valence-corrected chi connectivity index (χ1v) is 21.7. The van der Waals surface area contributed by atoms with Gasteiger partial charge in [0.15, 0.2) is 0 Å². The van der Waals surface area contributed by atoms with Crippen molar-refractivity contribution in [3.63, 3.8) is 0 Å². The molecule has 0 radical (unpaired) electrons. The zero-order valence-corrected chi connectivity index (χ0v) is 33.8. The first-order valence-electron chi connectivity index (χ1n) is 19.6. The SMILES string of the molecule is COC(=O)N1CCn2cc(C(=O)NS3(=O)=NC(=O)c4ccc5c(c4)N(C[C@@H]4CC[C@H]4[C@@H](OC)/C=C\C[C@H](C)C3)C[C@@]3(CCCc4cc(Cl)ccc43)CO5)cc2C1. The molecule has 2 bridgehead atoms. The lowest BCUT2D eigenvalue weighted by atomic mass is 9.68. The third-order valence-electron chi connectivity index (χ3n) is 12.4. The van der Waals surface area contributed by atoms with Gasteiger partial charge in [-0.2, -0.15) is 0 Å². The number of fused-ring (bicyclic) bond motifs is 5. The van der Waals surface area contributed by atoms with E-state index in [1.54, 1.807) is 30.3 Å². The second kappa shape index (κ2) is 15.5. The van der Waals surface area contributed by atoms with Crippen LogP contribution in [-0.2, 0) is 44.3 Å². The van der Waals surface area contributed by atoms with Gasteiger partial charge >= 0.3 is 6.09 Å². The van der Waals surface area contributed by atoms with Gasteiger partial charge in [0.2, 0.25) is 0 Å². The Hall–Kier alpha value is -4.33. The molecule has 1 fully saturated rings. The number of nitrogens with one attached hydrogen (secondary N) is 1. The van der Waals surface area contributed by atoms with Gasteiger partial charge in [-0.05, 0) is 104 Å². The van der Waals surface area contributed by atoms with Crippen LogP contribution in [0.15, 0.2) is 65.2 Å². The van der Waals surface area contributed by atoms with Crippen LogP contribution >= 0.6 is 11.6 Å². The molecule has 2 aliphatic carbocycles. The maximum atomic E-state index is 14.8. The molecule has 6 atom stereocenters. The Morgan fingerprint density at radius 1 is 1.11 bits per heavy atom. The number of aryl methyl sites for hydroxylation is 1. The number of hydrogen-bond donors (Lipinski definition) is 1. The highest BCUT2D eigenvalue weighted by atomic mass is 35.5. The molecular weight excluding hydrogens is 754 g/mol. The number of anilines is 1. The molecule has 2 aromatic carbocycles. The molecule has 4 heterocycles. The van der Waals surface area contributed by atoms with Crippen molar-refractivity contribution in [1.82, 2.24) is 14.2 Å². The molecule has 1 spiro atoms. The molecule has 1 N–H and O–H groups in total. The summed E-state index contributed by atoms with van der Waals surface area (Å²) < 4.78 is 41.3. The van der Waals surface area contributed by atoms with E-state index >= 15 is 0 Å². The van der Waals surface area contributed by atoms with E-state index in [1.165, 1.54) is 18.2 Å². The molecule has 3 amide bonds. The van der Waals surface area contributed by atoms with Crippen molar-refractivity contribution in [2.45, 2.75) is 70.1 Å². The van der Waals surface area contributed by atoms with E-state index in [4.69, 9.17) is 25.8 Å². The summed E-state index contributed by atoms with van der Waals surface area (Å²) in [5, 5.41) is 0.730. The molecule has 3 aliphatic heterocycles. The fourth-order valence-electron chi connectivity index (χ4n) is 9.38. The van der Waals surface area contributed by atoms with Crippen LogP contribution in [0.3, 0.4) is 0 Å². The molecular formula is C42H50ClN5O7S. The number of ether oxygens (including phenoxy) is 3. The van der Waals surface area contributed by atoms with Gasteiger partial charge in [-0.15, -0.1) is 4.36 Å². The predicted octanol–water partition coefficient (Wildman–Crippen LogP) is 6.79. The minimum absolute atomic E-state index is 0.0334. The number of carbonyl (C=O) groups excluding carboxylic acids is 3. The van der Waals surface area contributed by atoms with Crippen LogP contribution in [0.2, 0.25) is 5.02 Å². The lowest BCUT2D eigenvalue weighted by molar-refractivity contribution is 0.0131. The topological polar surface area (TPSA) is 132 Å². The van der Waals surface area contributed by atoms with Gasteiger partial charge in [0.05, 0.1) is 43.4 Å². The zero-order chi connectivity index (χ0) is 39.2. The number of nitrogens with zero attached hydrogens (tertiary/aromatic N) is 4. The van der Waals surface area contributed by atoms with E-state index in [1.807, 2.05) is 29.7 Å². The summed E-state index contributed by atoms with van der Waals surface area (Å²) in [5.41, 5.74) is 4.32. The second-order valence-corrected chi connectivity index (χ2v) is 18.6. The first-order chi connectivity index (χ1) is 27.0. The highest BCUT2D eigenvalue weighted by molar-refractivity contribution is 7.92. The number of amides is 3. The summed E-state index contributed by atoms with van der Waals surface area (Å²) in [6, 6.07) is 13.2. The van der Waals surface area contributed by atoms with Crippen LogP contribution in [0.4, 0.5) is 10.5 Å². The number of hydrogen-bond acceptors (Lipinski definition) is 8. The van der Waals surface area contributed by atoms with Gasteiger partial charge in [0.1, 0.15) is 15.7 Å². The molecule has 8 rings (SSSR count). The lowest BCUT2D eigenvalue weighted by Crippen LogP contribution is -2.49. The number of rotatable bonds is 3. The lowest BCUT2D eigenvalue weighted by Gasteiger charge is -2.46. The Bertz CT molecular complexity index is 2200. The fraction of sp³-hybridized carbons (Fsp3) is 0.500. The summed E-state index contributed by atoms with van der Waals surface area (Å²) in [5.74, 6) is -0.124. The summed E-state index contributed by atoms with van der Waals surface area (Å²) >= 11 is 6.47. The number of allylic oxidation sites excluding steroid dienone is 1. The quantitative estimate of drug-likeness (QED) is 0.287. The molecule has 298 valence electrons. The van der Waals surface area contributed by atoms with Crippen molar-refractivity contribution >= 4 is 45.1 Å². The predicted molar refractivity (Wildman–Crippen MR) is 215 cm³/mol. The number of methoxy groups -OCH3 is 2. The molecule has 14 heteroatoms. The standard InChI is InChI=1S/C42H50ClN5O7S/c1-27-6-4-8-37(53-2)34-12-9-30(34)21-48-25-42(15-5-7-28-18-32(43)11-13-35(28)42)26-55-38-14-10-29(20-36(38)48)39(49)44-56(52,24-27)45-40(50)31-19-33-23-47(41(51)54-3)17-16-46(33)22-31/h4,8,10-11,13-14,18-20,22,27,30,34,37H,5-7,9,12,15-17,21,23-26H2,1-3H3,(H,44,45,49,50,52)/b8-4-/t27-,30-,34+,37-,42-,56?/m0/s1. The van der Waals surface area contributed by atoms with Crippen molar-refractivity contribution in [1.29, 1.82) is 0 Å². The van der Waals surface area contributed by atoms with Crippen molar-refractivity contribution in [2.24, 2.45) is 22.1 Å². The van der Waals surface area contributed by atoms with Gasteiger partial charge in [-0.1, -0.05) is 36.7 Å². The Kier molecular flexibility index (Phi) is 10.7. The van der Waals surface area contributed by atoms with E-state index in [-0.39, 0.29) is 40.9 Å². The highest BCUT2D eigenvalue weighted by Gasteiger charge is 2.44. The molecule has 3 aromatic rings. The van der Waals surface area contributed by atoms with Gasteiger partial charge in [0.25, 0.3) is 11.8 Å². The van der Waals surface area contributed by atoms with E-state index < -0.39 is 27.8 Å². The maximum Gasteiger partial charge on any atom is 0.409 e. The van der Waals surface area contributed by atoms with Crippen molar-refractivity contribution < 1.29 is 32.8 Å². The number of aromatic nitrogens is 1. The molecule has 1 saturated carbocycles. The average Bonchev–Trinajstić information content (AvgIpc) is 3.54. The van der Waals surface area contributed by atoms with Crippen LogP contribution in [0.25, 0.3) is 0 Å². The monoisotopic (exact) mass is 803 g/mol. The normalized spacial score (nSPS) is 29.3. The Balaban J connectivity index is 1.15.